The Bertz CT molecular complexity index is 1130. The number of nitrogens with one attached hydrogen (secondary N) is 1. The van der Waals surface area contributed by atoms with Crippen LogP contribution < -0.4 is 9.62 Å². The highest BCUT2D eigenvalue weighted by Gasteiger charge is 2.32. The van der Waals surface area contributed by atoms with Gasteiger partial charge in [0.05, 0.1) is 22.0 Å². The molecule has 0 spiro atoms. The predicted octanol–water partition coefficient (Wildman–Crippen LogP) is 4.85. The Hall–Kier alpha value is -1.81. The van der Waals surface area contributed by atoms with Gasteiger partial charge in [-0.2, -0.15) is 0 Å². The van der Waals surface area contributed by atoms with Crippen molar-refractivity contribution in [2.75, 3.05) is 17.1 Å². The quantitative estimate of drug-likeness (QED) is 0.427. The van der Waals surface area contributed by atoms with E-state index in [0.29, 0.717) is 27.7 Å². The maximum absolute atomic E-state index is 13.6. The van der Waals surface area contributed by atoms with E-state index in [-0.39, 0.29) is 18.5 Å². The van der Waals surface area contributed by atoms with Crippen LogP contribution in [-0.4, -0.2) is 50.0 Å². The van der Waals surface area contributed by atoms with Gasteiger partial charge in [0.15, 0.2) is 0 Å². The first-order chi connectivity index (χ1) is 15.8. The van der Waals surface area contributed by atoms with Gasteiger partial charge in [0.25, 0.3) is 0 Å². The Labute approximate surface area is 219 Å². The van der Waals surface area contributed by atoms with Crippen LogP contribution in [0.1, 0.15) is 32.8 Å². The molecule has 0 unspecified atom stereocenters. The van der Waals surface area contributed by atoms with Crippen LogP contribution in [0.2, 0.25) is 10.0 Å². The summed E-state index contributed by atoms with van der Waals surface area (Å²) in [6, 6.07) is 10.6. The Kier molecular flexibility index (Phi) is 10.2. The number of rotatable bonds is 10. The average molecular weight is 593 g/mol. The SMILES string of the molecule is CC[C@@H](C(=O)NC(C)C)N(Cc1ccc(Cl)c(Cl)c1)C(=O)CN(c1ccc(Br)cc1)S(C)(=O)=O. The fourth-order valence-electron chi connectivity index (χ4n) is 3.36. The molecule has 0 fully saturated rings. The van der Waals surface area contributed by atoms with Crippen molar-refractivity contribution in [3.05, 3.63) is 62.5 Å². The molecule has 0 aromatic heterocycles. The van der Waals surface area contributed by atoms with Gasteiger partial charge in [-0.1, -0.05) is 52.1 Å². The van der Waals surface area contributed by atoms with E-state index in [4.69, 9.17) is 23.2 Å². The van der Waals surface area contributed by atoms with E-state index in [2.05, 4.69) is 21.2 Å². The Morgan fingerprint density at radius 2 is 1.68 bits per heavy atom. The van der Waals surface area contributed by atoms with Gasteiger partial charge >= 0.3 is 0 Å². The molecule has 34 heavy (non-hydrogen) atoms. The molecule has 2 aromatic rings. The number of anilines is 1. The molecule has 11 heteroatoms. The van der Waals surface area contributed by atoms with Gasteiger partial charge in [-0.25, -0.2) is 8.42 Å². The van der Waals surface area contributed by atoms with Crippen LogP contribution >= 0.6 is 39.1 Å². The predicted molar refractivity (Wildman–Crippen MR) is 141 cm³/mol. The van der Waals surface area contributed by atoms with Gasteiger partial charge in [-0.3, -0.25) is 13.9 Å². The molecule has 2 amide bonds. The minimum Gasteiger partial charge on any atom is -0.352 e. The van der Waals surface area contributed by atoms with Gasteiger partial charge < -0.3 is 10.2 Å². The van der Waals surface area contributed by atoms with Crippen molar-refractivity contribution < 1.29 is 18.0 Å². The summed E-state index contributed by atoms with van der Waals surface area (Å²) >= 11 is 15.5. The van der Waals surface area contributed by atoms with Gasteiger partial charge in [0.2, 0.25) is 21.8 Å². The molecular formula is C23H28BrCl2N3O4S. The molecule has 1 N–H and O–H groups in total. The zero-order chi connectivity index (χ0) is 25.6. The lowest BCUT2D eigenvalue weighted by Crippen LogP contribution is -2.53. The summed E-state index contributed by atoms with van der Waals surface area (Å²) in [6.45, 7) is 5.04. The lowest BCUT2D eigenvalue weighted by molar-refractivity contribution is -0.140. The van der Waals surface area contributed by atoms with E-state index in [1.165, 1.54) is 4.90 Å². The van der Waals surface area contributed by atoms with E-state index in [1.54, 1.807) is 49.4 Å². The number of sulfonamides is 1. The molecule has 7 nitrogen and oxygen atoms in total. The summed E-state index contributed by atoms with van der Waals surface area (Å²) in [6.07, 6.45) is 1.37. The number of benzene rings is 2. The van der Waals surface area contributed by atoms with Crippen LogP contribution in [0.4, 0.5) is 5.69 Å². The maximum Gasteiger partial charge on any atom is 0.244 e. The summed E-state index contributed by atoms with van der Waals surface area (Å²) < 4.78 is 26.9. The summed E-state index contributed by atoms with van der Waals surface area (Å²) in [7, 11) is -3.78. The van der Waals surface area contributed by atoms with Crippen LogP contribution in [0, 0.1) is 0 Å². The molecule has 0 aliphatic carbocycles. The van der Waals surface area contributed by atoms with Crippen molar-refractivity contribution in [2.45, 2.75) is 45.8 Å². The molecule has 0 aliphatic rings. The third-order valence-electron chi connectivity index (χ3n) is 4.95. The topological polar surface area (TPSA) is 86.8 Å². The maximum atomic E-state index is 13.6. The Balaban J connectivity index is 2.45. The largest absolute Gasteiger partial charge is 0.352 e. The molecule has 0 radical (unpaired) electrons. The Morgan fingerprint density at radius 3 is 2.18 bits per heavy atom. The summed E-state index contributed by atoms with van der Waals surface area (Å²) in [5.74, 6) is -0.842. The van der Waals surface area contributed by atoms with Crippen LogP contribution in [0.5, 0.6) is 0 Å². The first kappa shape index (κ1) is 28.4. The Morgan fingerprint density at radius 1 is 1.06 bits per heavy atom. The lowest BCUT2D eigenvalue weighted by atomic mass is 10.1. The minimum absolute atomic E-state index is 0.0533. The van der Waals surface area contributed by atoms with Crippen LogP contribution in [0.15, 0.2) is 46.9 Å². The highest BCUT2D eigenvalue weighted by atomic mass is 79.9. The number of carbonyl (C=O) groups is 2. The number of hydrogen-bond acceptors (Lipinski definition) is 4. The van der Waals surface area contributed by atoms with Crippen molar-refractivity contribution in [2.24, 2.45) is 0 Å². The molecule has 0 saturated heterocycles. The van der Waals surface area contributed by atoms with Gasteiger partial charge in [0.1, 0.15) is 12.6 Å². The zero-order valence-corrected chi connectivity index (χ0v) is 23.3. The third-order valence-corrected chi connectivity index (χ3v) is 7.36. The normalized spacial score (nSPS) is 12.4. The fourth-order valence-corrected chi connectivity index (χ4v) is 4.79. The molecule has 0 bridgehead atoms. The number of amides is 2. The first-order valence-electron chi connectivity index (χ1n) is 10.6. The molecule has 0 saturated carbocycles. The average Bonchev–Trinajstić information content (AvgIpc) is 2.73. The smallest absolute Gasteiger partial charge is 0.244 e. The fraction of sp³-hybridized carbons (Fsp3) is 0.391. The van der Waals surface area contributed by atoms with E-state index >= 15 is 0 Å². The summed E-state index contributed by atoms with van der Waals surface area (Å²) in [5, 5.41) is 3.53. The van der Waals surface area contributed by atoms with Gasteiger partial charge in [0, 0.05) is 17.1 Å². The second kappa shape index (κ2) is 12.2. The van der Waals surface area contributed by atoms with Crippen molar-refractivity contribution >= 4 is 66.7 Å². The van der Waals surface area contributed by atoms with Gasteiger partial charge in [-0.05, 0) is 62.2 Å². The van der Waals surface area contributed by atoms with Crippen LogP contribution in [0.25, 0.3) is 0 Å². The second-order valence-corrected chi connectivity index (χ2v) is 11.7. The number of halogens is 3. The molecular weight excluding hydrogens is 565 g/mol. The highest BCUT2D eigenvalue weighted by Crippen LogP contribution is 2.25. The van der Waals surface area contributed by atoms with E-state index < -0.39 is 28.5 Å². The van der Waals surface area contributed by atoms with Crippen molar-refractivity contribution in [3.8, 4) is 0 Å². The minimum atomic E-state index is -3.78. The molecule has 1 atom stereocenters. The van der Waals surface area contributed by atoms with Crippen molar-refractivity contribution in [3.63, 3.8) is 0 Å². The highest BCUT2D eigenvalue weighted by molar-refractivity contribution is 9.10. The van der Waals surface area contributed by atoms with E-state index in [1.807, 2.05) is 13.8 Å². The summed E-state index contributed by atoms with van der Waals surface area (Å²) in [5.41, 5.74) is 1.00. The molecule has 2 aromatic carbocycles. The number of nitrogens with zero attached hydrogens (tertiary/aromatic N) is 2. The second-order valence-electron chi connectivity index (χ2n) is 8.10. The molecule has 2 rings (SSSR count). The summed E-state index contributed by atoms with van der Waals surface area (Å²) in [4.78, 5) is 27.9. The van der Waals surface area contributed by atoms with Crippen LogP contribution in [0.3, 0.4) is 0 Å². The molecule has 0 heterocycles. The molecule has 186 valence electrons. The van der Waals surface area contributed by atoms with E-state index in [0.717, 1.165) is 15.0 Å². The molecule has 0 aliphatic heterocycles. The monoisotopic (exact) mass is 591 g/mol. The standard InChI is InChI=1S/C23H28BrCl2N3O4S/c1-5-21(23(31)27-15(2)3)28(13-16-6-11-19(25)20(26)12-16)22(30)14-29(34(4,32)33)18-9-7-17(24)8-10-18/h6-12,15,21H,5,13-14H2,1-4H3,(H,27,31)/t21-/m0/s1. The van der Waals surface area contributed by atoms with Gasteiger partial charge in [-0.15, -0.1) is 0 Å². The number of carbonyl (C=O) groups excluding carboxylic acids is 2. The zero-order valence-electron chi connectivity index (χ0n) is 19.4. The van der Waals surface area contributed by atoms with Crippen molar-refractivity contribution in [1.82, 2.24) is 10.2 Å². The first-order valence-corrected chi connectivity index (χ1v) is 14.0. The number of hydrogen-bond donors (Lipinski definition) is 1. The third kappa shape index (κ3) is 7.86. The van der Waals surface area contributed by atoms with E-state index in [9.17, 15) is 18.0 Å². The van der Waals surface area contributed by atoms with Crippen molar-refractivity contribution in [1.29, 1.82) is 0 Å². The lowest BCUT2D eigenvalue weighted by Gasteiger charge is -2.33. The van der Waals surface area contributed by atoms with Crippen LogP contribution in [-0.2, 0) is 26.2 Å².